The number of halogens is 1. The van der Waals surface area contributed by atoms with E-state index in [9.17, 15) is 14.7 Å². The summed E-state index contributed by atoms with van der Waals surface area (Å²) in [5, 5.41) is 14.9. The normalized spacial score (nSPS) is 17.1. The third-order valence-corrected chi connectivity index (χ3v) is 8.80. The molecule has 0 atom stereocenters. The predicted octanol–water partition coefficient (Wildman–Crippen LogP) is 5.82. The molecule has 1 saturated heterocycles. The van der Waals surface area contributed by atoms with Crippen LogP contribution in [-0.4, -0.2) is 53.0 Å². The van der Waals surface area contributed by atoms with Gasteiger partial charge >= 0.3 is 0 Å². The Bertz CT molecular complexity index is 1660. The van der Waals surface area contributed by atoms with Crippen molar-refractivity contribution in [2.45, 2.75) is 31.4 Å². The van der Waals surface area contributed by atoms with Gasteiger partial charge in [-0.3, -0.25) is 19.5 Å². The summed E-state index contributed by atoms with van der Waals surface area (Å²) in [6, 6.07) is 26.6. The number of aliphatic hydroxyl groups is 1. The van der Waals surface area contributed by atoms with Gasteiger partial charge in [0.05, 0.1) is 11.3 Å². The van der Waals surface area contributed by atoms with E-state index in [2.05, 4.69) is 21.3 Å². The number of piperidine rings is 1. The Morgan fingerprint density at radius 2 is 1.64 bits per heavy atom. The summed E-state index contributed by atoms with van der Waals surface area (Å²) in [5.41, 5.74) is 5.01. The summed E-state index contributed by atoms with van der Waals surface area (Å²) < 4.78 is 0. The monoisotopic (exact) mass is 606 g/mol. The molecule has 0 spiro atoms. The maximum atomic E-state index is 13.9. The molecule has 2 N–H and O–H groups in total. The first kappa shape index (κ1) is 29.8. The first-order chi connectivity index (χ1) is 21.4. The van der Waals surface area contributed by atoms with Crippen LogP contribution >= 0.6 is 11.6 Å². The van der Waals surface area contributed by atoms with Crippen molar-refractivity contribution in [2.24, 2.45) is 0 Å². The van der Waals surface area contributed by atoms with Gasteiger partial charge in [0.15, 0.2) is 0 Å². The van der Waals surface area contributed by atoms with E-state index in [1.54, 1.807) is 17.3 Å². The molecule has 3 heterocycles. The van der Waals surface area contributed by atoms with E-state index in [4.69, 9.17) is 11.6 Å². The Balaban J connectivity index is 1.19. The highest BCUT2D eigenvalue weighted by Crippen LogP contribution is 2.38. The van der Waals surface area contributed by atoms with Gasteiger partial charge in [-0.25, -0.2) is 0 Å². The van der Waals surface area contributed by atoms with Crippen molar-refractivity contribution in [1.82, 2.24) is 15.2 Å². The van der Waals surface area contributed by atoms with Gasteiger partial charge in [0, 0.05) is 54.7 Å². The number of carbonyl (C=O) groups excluding carboxylic acids is 2. The topological polar surface area (TPSA) is 85.8 Å². The second-order valence-electron chi connectivity index (χ2n) is 11.4. The van der Waals surface area contributed by atoms with Gasteiger partial charge in [-0.2, -0.15) is 0 Å². The Hall–Kier alpha value is -4.30. The van der Waals surface area contributed by atoms with Crippen LogP contribution in [0.15, 0.2) is 103 Å². The zero-order valence-corrected chi connectivity index (χ0v) is 25.2. The van der Waals surface area contributed by atoms with Gasteiger partial charge < -0.3 is 15.3 Å². The molecule has 0 bridgehead atoms. The number of para-hydroxylation sites is 1. The summed E-state index contributed by atoms with van der Waals surface area (Å²) in [7, 11) is 0. The molecule has 0 unspecified atom stereocenters. The molecule has 2 amide bonds. The Kier molecular flexibility index (Phi) is 8.89. The molecule has 6 rings (SSSR count). The molecule has 0 radical (unpaired) electrons. The number of benzene rings is 3. The number of rotatable bonds is 8. The lowest BCUT2D eigenvalue weighted by Crippen LogP contribution is -2.42. The lowest BCUT2D eigenvalue weighted by molar-refractivity contribution is -0.119. The second-order valence-corrected chi connectivity index (χ2v) is 11.8. The summed E-state index contributed by atoms with van der Waals surface area (Å²) in [5.74, 6) is -0.448. The van der Waals surface area contributed by atoms with Gasteiger partial charge in [0.1, 0.15) is 6.54 Å². The summed E-state index contributed by atoms with van der Waals surface area (Å²) in [4.78, 5) is 35.1. The fourth-order valence-corrected chi connectivity index (χ4v) is 6.23. The standard InChI is InChI=1S/C36H35ClN4O3/c37-28-15-13-27(14-16-28)36(44)17-21-40(22-18-36)20-6-11-29-30-8-1-2-10-32(30)35(43)41(33-12-4-3-9-31(29)33)25-34(42)39-24-26-7-5-19-38-23-26/h1-5,7-16,19,23,44H,6,17-18,20-22,24-25H2,(H,39,42). The SMILES string of the molecule is O=C(CN1C(=O)c2ccccc2C(=CCCN2CCC(O)(c3ccc(Cl)cc3)CC2)c2ccccc21)NCc1cccnc1. The van der Waals surface area contributed by atoms with E-state index in [0.717, 1.165) is 53.9 Å². The number of hydrogen-bond donors (Lipinski definition) is 2. The van der Waals surface area contributed by atoms with E-state index < -0.39 is 5.60 Å². The number of likely N-dealkylation sites (tertiary alicyclic amines) is 1. The zero-order valence-electron chi connectivity index (χ0n) is 24.5. The third kappa shape index (κ3) is 6.45. The van der Waals surface area contributed by atoms with E-state index in [1.165, 1.54) is 0 Å². The number of anilines is 1. The van der Waals surface area contributed by atoms with Crippen molar-refractivity contribution in [3.8, 4) is 0 Å². The molecule has 0 aliphatic carbocycles. The Labute approximate surface area is 262 Å². The fraction of sp³-hybridized carbons (Fsp3) is 0.250. The molecule has 1 fully saturated rings. The van der Waals surface area contributed by atoms with Crippen molar-refractivity contribution in [3.05, 3.63) is 136 Å². The molecular weight excluding hydrogens is 572 g/mol. The molecule has 4 aromatic rings. The van der Waals surface area contributed by atoms with Crippen molar-refractivity contribution in [1.29, 1.82) is 0 Å². The average Bonchev–Trinajstić information content (AvgIpc) is 3.15. The van der Waals surface area contributed by atoms with Gasteiger partial charge in [-0.15, -0.1) is 0 Å². The van der Waals surface area contributed by atoms with E-state index in [1.807, 2.05) is 84.9 Å². The van der Waals surface area contributed by atoms with Crippen LogP contribution in [-0.2, 0) is 16.9 Å². The molecule has 0 saturated carbocycles. The Morgan fingerprint density at radius 1 is 0.932 bits per heavy atom. The summed E-state index contributed by atoms with van der Waals surface area (Å²) in [6.45, 7) is 2.65. The predicted molar refractivity (Wildman–Crippen MR) is 173 cm³/mol. The molecule has 224 valence electrons. The number of hydrogen-bond acceptors (Lipinski definition) is 5. The van der Waals surface area contributed by atoms with Crippen LogP contribution in [0.1, 0.15) is 51.9 Å². The van der Waals surface area contributed by atoms with Gasteiger partial charge in [0.25, 0.3) is 5.91 Å². The van der Waals surface area contributed by atoms with Crippen LogP contribution < -0.4 is 10.2 Å². The number of amides is 2. The van der Waals surface area contributed by atoms with Crippen molar-refractivity contribution in [3.63, 3.8) is 0 Å². The zero-order chi connectivity index (χ0) is 30.5. The minimum atomic E-state index is -0.840. The van der Waals surface area contributed by atoms with Crippen LogP contribution in [0, 0.1) is 0 Å². The maximum Gasteiger partial charge on any atom is 0.259 e. The van der Waals surface area contributed by atoms with Crippen LogP contribution in [0.2, 0.25) is 5.02 Å². The van der Waals surface area contributed by atoms with Crippen LogP contribution in [0.25, 0.3) is 5.57 Å². The quantitative estimate of drug-likeness (QED) is 0.264. The molecular formula is C36H35ClN4O3. The minimum absolute atomic E-state index is 0.0952. The first-order valence-electron chi connectivity index (χ1n) is 15.0. The van der Waals surface area contributed by atoms with Crippen molar-refractivity contribution >= 4 is 34.7 Å². The number of nitrogens with zero attached hydrogens (tertiary/aromatic N) is 3. The third-order valence-electron chi connectivity index (χ3n) is 8.55. The van der Waals surface area contributed by atoms with Crippen LogP contribution in [0.5, 0.6) is 0 Å². The van der Waals surface area contributed by atoms with E-state index in [0.29, 0.717) is 35.7 Å². The van der Waals surface area contributed by atoms with Gasteiger partial charge in [-0.05, 0) is 71.9 Å². The van der Waals surface area contributed by atoms with Gasteiger partial charge in [-0.1, -0.05) is 72.3 Å². The lowest BCUT2D eigenvalue weighted by atomic mass is 9.84. The molecule has 1 aromatic heterocycles. The minimum Gasteiger partial charge on any atom is -0.385 e. The summed E-state index contributed by atoms with van der Waals surface area (Å²) >= 11 is 6.05. The van der Waals surface area contributed by atoms with Crippen LogP contribution in [0.4, 0.5) is 5.69 Å². The van der Waals surface area contributed by atoms with E-state index in [-0.39, 0.29) is 18.4 Å². The maximum absolute atomic E-state index is 13.9. The fourth-order valence-electron chi connectivity index (χ4n) is 6.11. The number of fused-ring (bicyclic) bond motifs is 2. The van der Waals surface area contributed by atoms with Crippen molar-refractivity contribution < 1.29 is 14.7 Å². The second kappa shape index (κ2) is 13.1. The lowest BCUT2D eigenvalue weighted by Gasteiger charge is -2.38. The molecule has 3 aromatic carbocycles. The number of carbonyl (C=O) groups is 2. The molecule has 44 heavy (non-hydrogen) atoms. The summed E-state index contributed by atoms with van der Waals surface area (Å²) in [6.07, 6.45) is 7.69. The number of nitrogens with one attached hydrogen (secondary N) is 1. The molecule has 2 aliphatic rings. The highest BCUT2D eigenvalue weighted by molar-refractivity contribution is 6.30. The Morgan fingerprint density at radius 3 is 2.36 bits per heavy atom. The smallest absolute Gasteiger partial charge is 0.259 e. The highest BCUT2D eigenvalue weighted by Gasteiger charge is 2.34. The van der Waals surface area contributed by atoms with Gasteiger partial charge in [0.2, 0.25) is 5.91 Å². The number of aromatic nitrogens is 1. The largest absolute Gasteiger partial charge is 0.385 e. The highest BCUT2D eigenvalue weighted by atomic mass is 35.5. The van der Waals surface area contributed by atoms with Crippen molar-refractivity contribution in [2.75, 3.05) is 31.1 Å². The van der Waals surface area contributed by atoms with Crippen LogP contribution in [0.3, 0.4) is 0 Å². The average molecular weight is 607 g/mol. The molecule has 2 aliphatic heterocycles. The number of pyridine rings is 1. The molecule has 7 nitrogen and oxygen atoms in total. The molecule has 8 heteroatoms. The van der Waals surface area contributed by atoms with E-state index >= 15 is 0 Å². The first-order valence-corrected chi connectivity index (χ1v) is 15.4.